The Morgan fingerprint density at radius 3 is 2.42 bits per heavy atom. The SMILES string of the molecule is COCCN1CCN(c2ccc(C(=O)NC3(C(=O)N4C[C@H](OC)[C@H]5OCC(=O)[C@H]54)CCCCC3)cc2)CC1. The van der Waals surface area contributed by atoms with Crippen molar-refractivity contribution in [2.75, 3.05) is 71.6 Å². The molecular weight excluding hydrogens is 488 g/mol. The van der Waals surface area contributed by atoms with E-state index in [-0.39, 0.29) is 30.3 Å². The Morgan fingerprint density at radius 2 is 1.76 bits per heavy atom. The number of methoxy groups -OCH3 is 2. The number of nitrogens with one attached hydrogen (secondary N) is 1. The predicted octanol–water partition coefficient (Wildman–Crippen LogP) is 1.08. The van der Waals surface area contributed by atoms with Crippen LogP contribution >= 0.6 is 0 Å². The summed E-state index contributed by atoms with van der Waals surface area (Å²) in [5, 5.41) is 3.12. The summed E-state index contributed by atoms with van der Waals surface area (Å²) in [4.78, 5) is 46.4. The Morgan fingerprint density at radius 1 is 1.05 bits per heavy atom. The smallest absolute Gasteiger partial charge is 0.252 e. The lowest BCUT2D eigenvalue weighted by atomic mass is 9.80. The van der Waals surface area contributed by atoms with Gasteiger partial charge in [0.1, 0.15) is 30.4 Å². The van der Waals surface area contributed by atoms with Crippen LogP contribution in [0.1, 0.15) is 42.5 Å². The molecule has 1 aromatic carbocycles. The molecule has 0 radical (unpaired) electrons. The quantitative estimate of drug-likeness (QED) is 0.535. The summed E-state index contributed by atoms with van der Waals surface area (Å²) < 4.78 is 16.4. The monoisotopic (exact) mass is 528 g/mol. The summed E-state index contributed by atoms with van der Waals surface area (Å²) >= 11 is 0. The molecule has 0 aromatic heterocycles. The lowest BCUT2D eigenvalue weighted by Gasteiger charge is -2.40. The highest BCUT2D eigenvalue weighted by atomic mass is 16.5. The minimum Gasteiger partial charge on any atom is -0.383 e. The van der Waals surface area contributed by atoms with Crippen LogP contribution in [0.15, 0.2) is 24.3 Å². The van der Waals surface area contributed by atoms with Gasteiger partial charge < -0.3 is 29.3 Å². The van der Waals surface area contributed by atoms with E-state index in [1.165, 1.54) is 0 Å². The number of piperazine rings is 1. The van der Waals surface area contributed by atoms with Gasteiger partial charge in [0.25, 0.3) is 5.91 Å². The first-order chi connectivity index (χ1) is 18.5. The molecule has 2 amide bonds. The van der Waals surface area contributed by atoms with Gasteiger partial charge in [0.2, 0.25) is 5.91 Å². The van der Waals surface area contributed by atoms with E-state index < -0.39 is 17.7 Å². The van der Waals surface area contributed by atoms with Crippen LogP contribution in [0, 0.1) is 0 Å². The molecule has 10 nitrogen and oxygen atoms in total. The van der Waals surface area contributed by atoms with Crippen molar-refractivity contribution in [1.29, 1.82) is 0 Å². The van der Waals surface area contributed by atoms with Gasteiger partial charge in [-0.25, -0.2) is 0 Å². The number of rotatable bonds is 8. The molecule has 0 bridgehead atoms. The average Bonchev–Trinajstić information content (AvgIpc) is 3.52. The second-order valence-electron chi connectivity index (χ2n) is 10.9. The standard InChI is InChI=1S/C28H40N4O6/c1-36-17-16-30-12-14-31(15-13-30)21-8-6-20(7-9-21)26(34)29-28(10-4-3-5-11-28)27(35)32-18-23(37-2)25-24(32)22(33)19-38-25/h6-9,23-25H,3-5,10-19H2,1-2H3,(H,29,34)/t23-,24+,25+/m0/s1. The summed E-state index contributed by atoms with van der Waals surface area (Å²) in [7, 11) is 3.30. The topological polar surface area (TPSA) is 101 Å². The van der Waals surface area contributed by atoms with Crippen LogP contribution in [0.5, 0.6) is 0 Å². The fourth-order valence-corrected chi connectivity index (χ4v) is 6.41. The number of carbonyl (C=O) groups is 3. The zero-order valence-corrected chi connectivity index (χ0v) is 22.5. The van der Waals surface area contributed by atoms with Gasteiger partial charge >= 0.3 is 0 Å². The van der Waals surface area contributed by atoms with Gasteiger partial charge in [-0.15, -0.1) is 0 Å². The number of ether oxygens (including phenoxy) is 3. The Labute approximate surface area is 224 Å². The number of amides is 2. The maximum absolute atomic E-state index is 14.0. The molecule has 208 valence electrons. The van der Waals surface area contributed by atoms with Crippen molar-refractivity contribution in [1.82, 2.24) is 15.1 Å². The van der Waals surface area contributed by atoms with Crippen LogP contribution in [-0.4, -0.2) is 118 Å². The van der Waals surface area contributed by atoms with Gasteiger partial charge in [-0.3, -0.25) is 19.3 Å². The maximum Gasteiger partial charge on any atom is 0.252 e. The molecule has 0 unspecified atom stereocenters. The number of fused-ring (bicyclic) bond motifs is 1. The molecule has 3 heterocycles. The zero-order valence-electron chi connectivity index (χ0n) is 22.5. The highest BCUT2D eigenvalue weighted by Gasteiger charge is 2.56. The van der Waals surface area contributed by atoms with Gasteiger partial charge in [-0.05, 0) is 37.1 Å². The van der Waals surface area contributed by atoms with Gasteiger partial charge in [0, 0.05) is 58.2 Å². The van der Waals surface area contributed by atoms with E-state index in [0.29, 0.717) is 24.9 Å². The van der Waals surface area contributed by atoms with Gasteiger partial charge in [0.05, 0.1) is 13.2 Å². The molecule has 3 aliphatic heterocycles. The second kappa shape index (κ2) is 11.7. The highest BCUT2D eigenvalue weighted by Crippen LogP contribution is 2.36. The lowest BCUT2D eigenvalue weighted by molar-refractivity contribution is -0.143. The van der Waals surface area contributed by atoms with Crippen LogP contribution in [0.25, 0.3) is 0 Å². The van der Waals surface area contributed by atoms with Crippen LogP contribution in [0.4, 0.5) is 5.69 Å². The van der Waals surface area contributed by atoms with E-state index in [1.807, 2.05) is 24.3 Å². The summed E-state index contributed by atoms with van der Waals surface area (Å²) in [6.45, 7) is 5.78. The Balaban J connectivity index is 1.26. The van der Waals surface area contributed by atoms with Gasteiger partial charge in [-0.2, -0.15) is 0 Å². The van der Waals surface area contributed by atoms with E-state index in [9.17, 15) is 14.4 Å². The number of nitrogens with zero attached hydrogens (tertiary/aromatic N) is 3. The normalized spacial score (nSPS) is 27.4. The van der Waals surface area contributed by atoms with Crippen molar-refractivity contribution in [2.24, 2.45) is 0 Å². The van der Waals surface area contributed by atoms with Gasteiger partial charge in [-0.1, -0.05) is 19.3 Å². The van der Waals surface area contributed by atoms with Crippen molar-refractivity contribution in [3.63, 3.8) is 0 Å². The number of Topliss-reactive ketones (excluding diaryl/α,β-unsaturated/α-hetero) is 1. The molecule has 10 heteroatoms. The number of ketones is 1. The zero-order chi connectivity index (χ0) is 26.7. The van der Waals surface area contributed by atoms with E-state index in [1.54, 1.807) is 19.1 Å². The molecule has 1 aromatic rings. The maximum atomic E-state index is 14.0. The summed E-state index contributed by atoms with van der Waals surface area (Å²) in [6, 6.07) is 7.00. The first-order valence-electron chi connectivity index (χ1n) is 13.8. The number of hydrogen-bond donors (Lipinski definition) is 1. The van der Waals surface area contributed by atoms with Crippen LogP contribution in [-0.2, 0) is 23.8 Å². The molecule has 38 heavy (non-hydrogen) atoms. The number of anilines is 1. The second-order valence-corrected chi connectivity index (χ2v) is 10.9. The number of likely N-dealkylation sites (tertiary alicyclic amines) is 1. The fraction of sp³-hybridized carbons (Fsp3) is 0.679. The Kier molecular flexibility index (Phi) is 8.32. The highest BCUT2D eigenvalue weighted by molar-refractivity contribution is 6.01. The molecule has 1 aliphatic carbocycles. The molecule has 1 N–H and O–H groups in total. The first-order valence-corrected chi connectivity index (χ1v) is 13.8. The first kappa shape index (κ1) is 27.1. The minimum absolute atomic E-state index is 0.00706. The number of carbonyl (C=O) groups excluding carboxylic acids is 3. The third-order valence-electron chi connectivity index (χ3n) is 8.65. The van der Waals surface area contributed by atoms with Crippen molar-refractivity contribution >= 4 is 23.3 Å². The van der Waals surface area contributed by atoms with Crippen LogP contribution in [0.2, 0.25) is 0 Å². The third-order valence-corrected chi connectivity index (χ3v) is 8.65. The van der Waals surface area contributed by atoms with E-state index in [0.717, 1.165) is 64.3 Å². The minimum atomic E-state index is -1.03. The molecule has 4 fully saturated rings. The van der Waals surface area contributed by atoms with Crippen molar-refractivity contribution < 1.29 is 28.6 Å². The summed E-state index contributed by atoms with van der Waals surface area (Å²) in [5.41, 5.74) is 0.590. The number of hydrogen-bond acceptors (Lipinski definition) is 8. The van der Waals surface area contributed by atoms with Crippen molar-refractivity contribution in [2.45, 2.75) is 55.9 Å². The van der Waals surface area contributed by atoms with E-state index in [2.05, 4.69) is 15.1 Å². The van der Waals surface area contributed by atoms with Crippen molar-refractivity contribution in [3.05, 3.63) is 29.8 Å². The summed E-state index contributed by atoms with van der Waals surface area (Å²) in [6.07, 6.45) is 3.05. The fourth-order valence-electron chi connectivity index (χ4n) is 6.41. The van der Waals surface area contributed by atoms with Crippen LogP contribution < -0.4 is 10.2 Å². The molecule has 3 saturated heterocycles. The van der Waals surface area contributed by atoms with E-state index in [4.69, 9.17) is 14.2 Å². The van der Waals surface area contributed by atoms with Gasteiger partial charge in [0.15, 0.2) is 5.78 Å². The molecule has 1 saturated carbocycles. The molecular formula is C28H40N4O6. The van der Waals surface area contributed by atoms with Crippen LogP contribution in [0.3, 0.4) is 0 Å². The summed E-state index contributed by atoms with van der Waals surface area (Å²) in [5.74, 6) is -0.554. The predicted molar refractivity (Wildman–Crippen MR) is 141 cm³/mol. The Bertz CT molecular complexity index is 1000. The molecule has 0 spiro atoms. The van der Waals surface area contributed by atoms with E-state index >= 15 is 0 Å². The molecule has 4 aliphatic rings. The van der Waals surface area contributed by atoms with Crippen molar-refractivity contribution in [3.8, 4) is 0 Å². The number of benzene rings is 1. The third kappa shape index (κ3) is 5.32. The largest absolute Gasteiger partial charge is 0.383 e. The Hall–Kier alpha value is -2.53. The lowest BCUT2D eigenvalue weighted by Crippen LogP contribution is -2.62. The average molecular weight is 529 g/mol. The molecule has 5 rings (SSSR count). The molecule has 3 atom stereocenters.